The number of piperidine rings is 3. The van der Waals surface area contributed by atoms with Gasteiger partial charge in [0.2, 0.25) is 17.8 Å². The second-order valence-electron chi connectivity index (χ2n) is 20.7. The van der Waals surface area contributed by atoms with Gasteiger partial charge in [-0.1, -0.05) is 24.3 Å². The lowest BCUT2D eigenvalue weighted by atomic mass is 9.64. The third-order valence-electron chi connectivity index (χ3n) is 16.4. The highest BCUT2D eigenvalue weighted by Crippen LogP contribution is 2.50. The number of rotatable bonds is 7. The predicted molar refractivity (Wildman–Crippen MR) is 260 cm³/mol. The molecule has 6 aliphatic rings. The summed E-state index contributed by atoms with van der Waals surface area (Å²) in [5.41, 5.74) is 6.50. The van der Waals surface area contributed by atoms with Crippen LogP contribution in [0.25, 0.3) is 16.9 Å². The van der Waals surface area contributed by atoms with Gasteiger partial charge in [-0.05, 0) is 174 Å². The van der Waals surface area contributed by atoms with Crippen molar-refractivity contribution in [1.29, 1.82) is 0 Å². The molecule has 354 valence electrons. The second-order valence-corrected chi connectivity index (χ2v) is 20.7. The van der Waals surface area contributed by atoms with Gasteiger partial charge in [-0.2, -0.15) is 4.98 Å². The SMILES string of the molecule is Cc1ccc(Nc2ncc3c(=O)n4n(c3n2)-c2cccc(n2)[C@](C)(O)CC/C=C\C4)cc1C1CCC2(CC1)CCN(CC1CCN(c3ccc4c(c3)CN(C3CCC(=O)NC3=O)C4=O)CC1)CC2. The fourth-order valence-electron chi connectivity index (χ4n) is 12.1. The highest BCUT2D eigenvalue weighted by atomic mass is 16.3. The van der Waals surface area contributed by atoms with Crippen molar-refractivity contribution in [2.24, 2.45) is 11.3 Å². The number of amides is 3. The van der Waals surface area contributed by atoms with E-state index in [-0.39, 0.29) is 29.7 Å². The van der Waals surface area contributed by atoms with Crippen molar-refractivity contribution in [1.82, 2.24) is 39.4 Å². The number of imide groups is 1. The lowest BCUT2D eigenvalue weighted by Crippen LogP contribution is -2.52. The summed E-state index contributed by atoms with van der Waals surface area (Å²) in [5.74, 6) is 1.33. The first kappa shape index (κ1) is 44.3. The molecule has 1 saturated carbocycles. The molecular formula is C53H62N10O5. The molecular weight excluding hydrogens is 857 g/mol. The van der Waals surface area contributed by atoms with E-state index in [1.165, 1.54) is 62.7 Å². The zero-order chi connectivity index (χ0) is 46.7. The third-order valence-corrected chi connectivity index (χ3v) is 16.4. The number of aryl methyl sites for hydroxylation is 1. The van der Waals surface area contributed by atoms with Gasteiger partial charge in [-0.3, -0.25) is 24.5 Å². The average molecular weight is 919 g/mol. The maximum atomic E-state index is 13.7. The van der Waals surface area contributed by atoms with E-state index in [4.69, 9.17) is 9.97 Å². The Kier molecular flexibility index (Phi) is 11.5. The molecule has 2 bridgehead atoms. The number of hydrogen-bond acceptors (Lipinski definition) is 11. The van der Waals surface area contributed by atoms with Gasteiger partial charge in [0.05, 0.1) is 12.2 Å². The molecule has 2 atom stereocenters. The number of allylic oxidation sites excluding steroid dienone is 2. The van der Waals surface area contributed by atoms with Crippen LogP contribution in [0.2, 0.25) is 0 Å². The largest absolute Gasteiger partial charge is 0.384 e. The lowest BCUT2D eigenvalue weighted by molar-refractivity contribution is -0.136. The van der Waals surface area contributed by atoms with Gasteiger partial charge in [0.25, 0.3) is 11.5 Å². The van der Waals surface area contributed by atoms with Crippen LogP contribution in [0.1, 0.15) is 123 Å². The Morgan fingerprint density at radius 2 is 1.68 bits per heavy atom. The van der Waals surface area contributed by atoms with Crippen LogP contribution >= 0.6 is 0 Å². The molecule has 3 N–H and O–H groups in total. The number of carbonyl (C=O) groups excluding carboxylic acids is 3. The van der Waals surface area contributed by atoms with E-state index in [2.05, 4.69) is 62.7 Å². The Labute approximate surface area is 396 Å². The summed E-state index contributed by atoms with van der Waals surface area (Å²) in [4.78, 5) is 72.3. The Bertz CT molecular complexity index is 2880. The number of nitrogens with zero attached hydrogens (tertiary/aromatic N) is 8. The van der Waals surface area contributed by atoms with Gasteiger partial charge in [-0.25, -0.2) is 19.3 Å². The molecule has 11 rings (SSSR count). The van der Waals surface area contributed by atoms with E-state index >= 15 is 0 Å². The first-order valence-corrected chi connectivity index (χ1v) is 24.9. The van der Waals surface area contributed by atoms with E-state index in [9.17, 15) is 24.3 Å². The van der Waals surface area contributed by atoms with Crippen molar-refractivity contribution >= 4 is 46.1 Å². The topological polar surface area (TPSA) is 171 Å². The van der Waals surface area contributed by atoms with Gasteiger partial charge in [-0.15, -0.1) is 0 Å². The van der Waals surface area contributed by atoms with E-state index in [0.717, 1.165) is 49.4 Å². The fraction of sp³-hybridized carbons (Fsp3) is 0.491. The quantitative estimate of drug-likeness (QED) is 0.113. The van der Waals surface area contributed by atoms with Crippen LogP contribution in [0.5, 0.6) is 0 Å². The van der Waals surface area contributed by atoms with Crippen LogP contribution in [0, 0.1) is 18.3 Å². The van der Waals surface area contributed by atoms with Gasteiger partial charge in [0.1, 0.15) is 17.0 Å². The van der Waals surface area contributed by atoms with Crippen LogP contribution in [0.4, 0.5) is 17.3 Å². The summed E-state index contributed by atoms with van der Waals surface area (Å²) in [6, 6.07) is 17.6. The molecule has 5 aromatic rings. The summed E-state index contributed by atoms with van der Waals surface area (Å²) in [6.07, 6.45) is 17.1. The minimum absolute atomic E-state index is 0.123. The predicted octanol–water partition coefficient (Wildman–Crippen LogP) is 7.00. The summed E-state index contributed by atoms with van der Waals surface area (Å²) in [6.45, 7) is 10.3. The van der Waals surface area contributed by atoms with E-state index in [1.54, 1.807) is 27.4 Å². The van der Waals surface area contributed by atoms with E-state index in [1.807, 2.05) is 36.4 Å². The van der Waals surface area contributed by atoms with E-state index in [0.29, 0.717) is 83.7 Å². The van der Waals surface area contributed by atoms with Crippen molar-refractivity contribution in [2.75, 3.05) is 42.9 Å². The number of nitrogens with one attached hydrogen (secondary N) is 2. The molecule has 5 aliphatic heterocycles. The second kappa shape index (κ2) is 17.7. The standard InChI is InChI=1S/C53H62N10O5/c1-34-9-10-38(55-51-54-31-42-47(58-51)63-45-8-6-7-44(56-45)52(2,68)19-4-3-5-24-62(63)50(42)67)30-41(34)36-15-20-53(21-16-36)22-27-59(28-23-53)32-35-17-25-60(26-18-35)39-11-12-40-37(29-39)33-61(49(40)66)43-13-14-46(64)57-48(43)65/h3,5-12,29-31,35-36,43,68H,4,13-28,32-33H2,1-2H3,(H,54,55,58)(H,57,64,65)/b5-3-/t43?,52-/m1/s1. The molecule has 15 heteroatoms. The van der Waals surface area contributed by atoms with Crippen molar-refractivity contribution in [3.63, 3.8) is 0 Å². The van der Waals surface area contributed by atoms with Crippen LogP contribution in [0.3, 0.4) is 0 Å². The normalized spacial score (nSPS) is 24.2. The van der Waals surface area contributed by atoms with Crippen molar-refractivity contribution in [3.8, 4) is 5.82 Å². The molecule has 0 radical (unpaired) electrons. The maximum Gasteiger partial charge on any atom is 0.278 e. The van der Waals surface area contributed by atoms with Gasteiger partial charge >= 0.3 is 0 Å². The van der Waals surface area contributed by atoms with Crippen molar-refractivity contribution < 1.29 is 19.5 Å². The first-order chi connectivity index (χ1) is 32.9. The minimum Gasteiger partial charge on any atom is -0.384 e. The Balaban J connectivity index is 0.686. The molecule has 68 heavy (non-hydrogen) atoms. The molecule has 2 aromatic carbocycles. The zero-order valence-electron chi connectivity index (χ0n) is 39.3. The number of likely N-dealkylation sites (tertiary alicyclic amines) is 1. The van der Waals surface area contributed by atoms with Gasteiger partial charge in [0, 0.05) is 55.7 Å². The third kappa shape index (κ3) is 8.41. The maximum absolute atomic E-state index is 13.7. The molecule has 1 spiro atoms. The summed E-state index contributed by atoms with van der Waals surface area (Å²) >= 11 is 0. The van der Waals surface area contributed by atoms with Crippen molar-refractivity contribution in [3.05, 3.63) is 111 Å². The summed E-state index contributed by atoms with van der Waals surface area (Å²) < 4.78 is 3.38. The number of carbonyl (C=O) groups is 3. The number of aromatic nitrogens is 5. The molecule has 15 nitrogen and oxygen atoms in total. The Morgan fingerprint density at radius 1 is 0.868 bits per heavy atom. The highest BCUT2D eigenvalue weighted by Gasteiger charge is 2.41. The molecule has 3 saturated heterocycles. The molecule has 3 amide bonds. The van der Waals surface area contributed by atoms with Crippen LogP contribution in [0.15, 0.2) is 77.7 Å². The minimum atomic E-state index is -1.12. The summed E-state index contributed by atoms with van der Waals surface area (Å²) in [7, 11) is 0. The zero-order valence-corrected chi connectivity index (χ0v) is 39.3. The Morgan fingerprint density at radius 3 is 2.47 bits per heavy atom. The number of pyridine rings is 1. The molecule has 1 unspecified atom stereocenters. The number of fused-ring (bicyclic) bond motifs is 7. The smallest absolute Gasteiger partial charge is 0.278 e. The molecule has 4 fully saturated rings. The average Bonchev–Trinajstić information content (AvgIpc) is 3.81. The number of anilines is 3. The number of hydrogen-bond donors (Lipinski definition) is 3. The lowest BCUT2D eigenvalue weighted by Gasteiger charge is -2.47. The number of aliphatic hydroxyl groups is 1. The Hall–Kier alpha value is -6.19. The monoisotopic (exact) mass is 918 g/mol. The molecule has 3 aromatic heterocycles. The highest BCUT2D eigenvalue weighted by molar-refractivity contribution is 6.05. The first-order valence-electron chi connectivity index (χ1n) is 24.9. The molecule has 8 heterocycles. The van der Waals surface area contributed by atoms with Crippen LogP contribution in [-0.4, -0.2) is 95.7 Å². The fourth-order valence-corrected chi connectivity index (χ4v) is 12.1. The van der Waals surface area contributed by atoms with Crippen LogP contribution < -0.4 is 21.1 Å². The summed E-state index contributed by atoms with van der Waals surface area (Å²) in [5, 5.41) is 17.5. The van der Waals surface area contributed by atoms with E-state index < -0.39 is 11.6 Å². The van der Waals surface area contributed by atoms with Gasteiger partial charge < -0.3 is 25.1 Å². The van der Waals surface area contributed by atoms with Crippen LogP contribution in [-0.2, 0) is 28.3 Å². The van der Waals surface area contributed by atoms with Gasteiger partial charge in [0.15, 0.2) is 11.5 Å². The number of benzene rings is 2. The molecule has 1 aliphatic carbocycles. The van der Waals surface area contributed by atoms with Crippen molar-refractivity contribution in [2.45, 2.75) is 122 Å².